The molecule has 0 heterocycles. The summed E-state index contributed by atoms with van der Waals surface area (Å²) in [6.45, 7) is 0. The molecule has 1 aromatic rings. The Bertz CT molecular complexity index is 468. The number of halogens is 1. The van der Waals surface area contributed by atoms with Gasteiger partial charge in [0, 0.05) is 17.9 Å². The van der Waals surface area contributed by atoms with Crippen LogP contribution in [-0.2, 0) is 14.3 Å². The lowest BCUT2D eigenvalue weighted by atomic mass is 10.2. The molecule has 5 nitrogen and oxygen atoms in total. The van der Waals surface area contributed by atoms with Gasteiger partial charge in [-0.15, -0.1) is 11.8 Å². The van der Waals surface area contributed by atoms with E-state index in [0.29, 0.717) is 11.4 Å². The molecule has 0 spiro atoms. The van der Waals surface area contributed by atoms with Crippen molar-refractivity contribution in [2.24, 2.45) is 0 Å². The molecule has 0 radical (unpaired) electrons. The summed E-state index contributed by atoms with van der Waals surface area (Å²) in [6.07, 6.45) is 0.249. The smallest absolute Gasteiger partial charge is 0.315 e. The van der Waals surface area contributed by atoms with E-state index >= 15 is 0 Å². The Morgan fingerprint density at radius 1 is 1.47 bits per heavy atom. The fourth-order valence-electron chi connectivity index (χ4n) is 1.22. The van der Waals surface area contributed by atoms with Gasteiger partial charge in [0.25, 0.3) is 0 Å². The van der Waals surface area contributed by atoms with Crippen LogP contribution >= 0.6 is 11.8 Å². The first-order chi connectivity index (χ1) is 9.02. The van der Waals surface area contributed by atoms with Crippen molar-refractivity contribution in [2.75, 3.05) is 29.7 Å². The largest absolute Gasteiger partial charge is 0.468 e. The van der Waals surface area contributed by atoms with E-state index < -0.39 is 5.82 Å². The van der Waals surface area contributed by atoms with Crippen molar-refractivity contribution >= 4 is 35.0 Å². The van der Waals surface area contributed by atoms with Gasteiger partial charge in [0.05, 0.1) is 18.6 Å². The molecule has 7 heteroatoms. The molecule has 0 fully saturated rings. The minimum Gasteiger partial charge on any atom is -0.468 e. The zero-order valence-electron chi connectivity index (χ0n) is 10.4. The summed E-state index contributed by atoms with van der Waals surface area (Å²) in [7, 11) is 1.31. The predicted molar refractivity (Wildman–Crippen MR) is 73.4 cm³/mol. The van der Waals surface area contributed by atoms with Gasteiger partial charge in [0.2, 0.25) is 5.91 Å². The van der Waals surface area contributed by atoms with E-state index in [1.165, 1.54) is 37.1 Å². The quantitative estimate of drug-likeness (QED) is 0.472. The monoisotopic (exact) mass is 286 g/mol. The molecule has 1 amide bonds. The number of methoxy groups -OCH3 is 1. The molecule has 19 heavy (non-hydrogen) atoms. The van der Waals surface area contributed by atoms with Crippen molar-refractivity contribution in [3.63, 3.8) is 0 Å². The number of carbonyl (C=O) groups is 2. The molecule has 0 aliphatic rings. The first-order valence-electron chi connectivity index (χ1n) is 5.52. The van der Waals surface area contributed by atoms with E-state index in [1.54, 1.807) is 0 Å². The topological polar surface area (TPSA) is 81.4 Å². The van der Waals surface area contributed by atoms with Crippen LogP contribution in [0.4, 0.5) is 15.8 Å². The summed E-state index contributed by atoms with van der Waals surface area (Å²) in [5.41, 5.74) is 5.82. The number of carbonyl (C=O) groups excluding carboxylic acids is 2. The number of thioether (sulfide) groups is 1. The molecule has 3 N–H and O–H groups in total. The van der Waals surface area contributed by atoms with E-state index in [4.69, 9.17) is 5.73 Å². The number of ether oxygens (including phenoxy) is 1. The van der Waals surface area contributed by atoms with Crippen molar-refractivity contribution in [3.05, 3.63) is 24.0 Å². The molecule has 0 atom stereocenters. The number of hydrogen-bond acceptors (Lipinski definition) is 5. The molecule has 1 aromatic carbocycles. The van der Waals surface area contributed by atoms with Gasteiger partial charge in [-0.05, 0) is 18.2 Å². The van der Waals surface area contributed by atoms with Gasteiger partial charge < -0.3 is 15.8 Å². The first-order valence-corrected chi connectivity index (χ1v) is 6.68. The number of rotatable bonds is 6. The molecular formula is C12H15FN2O3S. The molecule has 0 aliphatic heterocycles. The van der Waals surface area contributed by atoms with E-state index in [9.17, 15) is 14.0 Å². The molecule has 0 aromatic heterocycles. The lowest BCUT2D eigenvalue weighted by Crippen LogP contribution is -2.13. The highest BCUT2D eigenvalue weighted by Crippen LogP contribution is 2.16. The van der Waals surface area contributed by atoms with Crippen molar-refractivity contribution in [1.82, 2.24) is 0 Å². The Morgan fingerprint density at radius 2 is 2.21 bits per heavy atom. The fraction of sp³-hybridized carbons (Fsp3) is 0.333. The average molecular weight is 286 g/mol. The van der Waals surface area contributed by atoms with Crippen molar-refractivity contribution in [3.8, 4) is 0 Å². The second-order valence-electron chi connectivity index (χ2n) is 3.66. The van der Waals surface area contributed by atoms with Crippen molar-refractivity contribution < 1.29 is 18.7 Å². The summed E-state index contributed by atoms with van der Waals surface area (Å²) in [5.74, 6) is -0.350. The second-order valence-corrected chi connectivity index (χ2v) is 4.77. The maximum Gasteiger partial charge on any atom is 0.315 e. The number of amides is 1. The minimum atomic E-state index is -0.522. The van der Waals surface area contributed by atoms with Crippen LogP contribution in [0.15, 0.2) is 18.2 Å². The average Bonchev–Trinajstić information content (AvgIpc) is 2.38. The van der Waals surface area contributed by atoms with Gasteiger partial charge in [-0.2, -0.15) is 0 Å². The zero-order valence-corrected chi connectivity index (χ0v) is 11.3. The molecule has 1 rings (SSSR count). The third-order valence-corrected chi connectivity index (χ3v) is 3.13. The van der Waals surface area contributed by atoms with Crippen LogP contribution < -0.4 is 11.1 Å². The van der Waals surface area contributed by atoms with Crippen LogP contribution in [0.25, 0.3) is 0 Å². The predicted octanol–water partition coefficient (Wildman–Crippen LogP) is 1.64. The summed E-state index contributed by atoms with van der Waals surface area (Å²) in [4.78, 5) is 22.4. The van der Waals surface area contributed by atoms with E-state index in [1.807, 2.05) is 0 Å². The normalized spacial score (nSPS) is 10.0. The van der Waals surface area contributed by atoms with Crippen molar-refractivity contribution in [1.29, 1.82) is 0 Å². The number of nitrogens with one attached hydrogen (secondary N) is 1. The van der Waals surface area contributed by atoms with Crippen LogP contribution in [0.2, 0.25) is 0 Å². The van der Waals surface area contributed by atoms with Crippen LogP contribution in [0, 0.1) is 5.82 Å². The number of nitrogens with two attached hydrogens (primary N) is 1. The standard InChI is InChI=1S/C12H15FN2O3S/c1-18-12(17)7-19-5-4-11(16)15-8-2-3-9(13)10(14)6-8/h2-3,6H,4-5,7,14H2,1H3,(H,15,16). The maximum atomic E-state index is 12.9. The maximum absolute atomic E-state index is 12.9. The van der Waals surface area contributed by atoms with Crippen LogP contribution in [0.3, 0.4) is 0 Å². The summed E-state index contributed by atoms with van der Waals surface area (Å²) in [5, 5.41) is 2.60. The van der Waals surface area contributed by atoms with Gasteiger partial charge >= 0.3 is 5.97 Å². The van der Waals surface area contributed by atoms with Gasteiger partial charge in [-0.25, -0.2) is 4.39 Å². The van der Waals surface area contributed by atoms with Crippen LogP contribution in [0.1, 0.15) is 6.42 Å². The summed E-state index contributed by atoms with van der Waals surface area (Å²) >= 11 is 1.31. The molecule has 0 aliphatic carbocycles. The van der Waals surface area contributed by atoms with E-state index in [2.05, 4.69) is 10.1 Å². The van der Waals surface area contributed by atoms with Gasteiger partial charge in [0.1, 0.15) is 5.82 Å². The molecular weight excluding hydrogens is 271 g/mol. The van der Waals surface area contributed by atoms with Gasteiger partial charge in [0.15, 0.2) is 0 Å². The van der Waals surface area contributed by atoms with E-state index in [0.717, 1.165) is 0 Å². The Kier molecular flexibility index (Phi) is 6.14. The Morgan fingerprint density at radius 3 is 2.84 bits per heavy atom. The Balaban J connectivity index is 2.31. The van der Waals surface area contributed by atoms with Gasteiger partial charge in [-0.3, -0.25) is 9.59 Å². The molecule has 0 bridgehead atoms. The number of anilines is 2. The lowest BCUT2D eigenvalue weighted by Gasteiger charge is -2.06. The highest BCUT2D eigenvalue weighted by molar-refractivity contribution is 7.99. The first kappa shape index (κ1) is 15.3. The fourth-order valence-corrected chi connectivity index (χ4v) is 1.98. The lowest BCUT2D eigenvalue weighted by molar-refractivity contribution is -0.137. The second kappa shape index (κ2) is 7.63. The van der Waals surface area contributed by atoms with Crippen LogP contribution in [0.5, 0.6) is 0 Å². The minimum absolute atomic E-state index is 0.0159. The molecule has 0 unspecified atom stereocenters. The Hall–Kier alpha value is -1.76. The number of benzene rings is 1. The van der Waals surface area contributed by atoms with Crippen LogP contribution in [-0.4, -0.2) is 30.5 Å². The molecule has 104 valence electrons. The number of nitrogen functional groups attached to an aromatic ring is 1. The molecule has 0 saturated carbocycles. The molecule has 0 saturated heterocycles. The van der Waals surface area contributed by atoms with E-state index in [-0.39, 0.29) is 29.7 Å². The highest BCUT2D eigenvalue weighted by Gasteiger charge is 2.06. The SMILES string of the molecule is COC(=O)CSCCC(=O)Nc1ccc(F)c(N)c1. The van der Waals surface area contributed by atoms with Crippen molar-refractivity contribution in [2.45, 2.75) is 6.42 Å². The third kappa shape index (κ3) is 5.60. The third-order valence-electron chi connectivity index (χ3n) is 2.20. The Labute approximate surface area is 114 Å². The summed E-state index contributed by atoms with van der Waals surface area (Å²) in [6, 6.07) is 3.98. The highest BCUT2D eigenvalue weighted by atomic mass is 32.2. The van der Waals surface area contributed by atoms with Gasteiger partial charge in [-0.1, -0.05) is 0 Å². The number of esters is 1. The zero-order chi connectivity index (χ0) is 14.3. The summed E-state index contributed by atoms with van der Waals surface area (Å²) < 4.78 is 17.4. The number of hydrogen-bond donors (Lipinski definition) is 2.